The van der Waals surface area contributed by atoms with Crippen molar-refractivity contribution in [1.82, 2.24) is 0 Å². The zero-order valence-corrected chi connectivity index (χ0v) is 36.1. The minimum atomic E-state index is -3.46. The fourth-order valence-electron chi connectivity index (χ4n) is 10.3. The maximum Gasteiger partial charge on any atom is 0.161 e. The summed E-state index contributed by atoms with van der Waals surface area (Å²) in [4.78, 5) is 0. The second kappa shape index (κ2) is 13.7. The van der Waals surface area contributed by atoms with Crippen molar-refractivity contribution in [2.45, 2.75) is 24.9 Å². The van der Waals surface area contributed by atoms with Gasteiger partial charge >= 0.3 is 0 Å². The first kappa shape index (κ1) is 36.3. The van der Waals surface area contributed by atoms with Crippen LogP contribution in [-0.2, 0) is 6.42 Å². The lowest BCUT2D eigenvalue weighted by Crippen LogP contribution is -2.25. The number of ether oxygens (including phenoxy) is 1. The minimum Gasteiger partial charge on any atom is -0.484 e. The predicted octanol–water partition coefficient (Wildman–Crippen LogP) is 13.5. The van der Waals surface area contributed by atoms with Gasteiger partial charge in [-0.15, -0.1) is 0 Å². The number of allylic oxidation sites excluding steroid dienone is 3. The quantitative estimate of drug-likeness (QED) is 0.161. The molecule has 3 aromatic heterocycles. The van der Waals surface area contributed by atoms with E-state index in [4.69, 9.17) is 32.0 Å². The molecule has 9 heteroatoms. The summed E-state index contributed by atoms with van der Waals surface area (Å²) in [5.74, 6) is 2.45. The van der Waals surface area contributed by atoms with E-state index < -0.39 is 14.4 Å². The number of nitrogens with zero attached hydrogens (tertiary/aromatic N) is 3. The van der Waals surface area contributed by atoms with Crippen molar-refractivity contribution in [3.63, 3.8) is 0 Å². The van der Waals surface area contributed by atoms with Gasteiger partial charge in [0.25, 0.3) is 0 Å². The highest BCUT2D eigenvalue weighted by atomic mass is 31.2. The molecule has 2 aliphatic heterocycles. The number of rotatable bonds is 5. The van der Waals surface area contributed by atoms with Crippen molar-refractivity contribution in [1.29, 1.82) is 0 Å². The van der Waals surface area contributed by atoms with Gasteiger partial charge in [0.2, 0.25) is 0 Å². The highest BCUT2D eigenvalue weighted by Gasteiger charge is 2.45. The molecular formula is C55H37N3O4P2. The van der Waals surface area contributed by atoms with Gasteiger partial charge in [-0.1, -0.05) is 146 Å². The molecule has 306 valence electrons. The van der Waals surface area contributed by atoms with Crippen LogP contribution in [0.5, 0.6) is 5.75 Å². The number of aryl methyl sites for hydroxylation is 1. The Labute approximate surface area is 367 Å². The van der Waals surface area contributed by atoms with Crippen LogP contribution in [0.1, 0.15) is 34.8 Å². The highest BCUT2D eigenvalue weighted by molar-refractivity contribution is 7.91. The Morgan fingerprint density at radius 3 is 1.84 bits per heavy atom. The monoisotopic (exact) mass is 865 g/mol. The van der Waals surface area contributed by atoms with Gasteiger partial charge in [-0.3, -0.25) is 0 Å². The molecule has 7 nitrogen and oxygen atoms in total. The maximum atomic E-state index is 7.14. The van der Waals surface area contributed by atoms with Crippen molar-refractivity contribution < 1.29 is 18.0 Å². The molecule has 0 spiro atoms. The number of para-hydroxylation sites is 6. The first-order chi connectivity index (χ1) is 31.7. The summed E-state index contributed by atoms with van der Waals surface area (Å²) in [5, 5.41) is 8.77. The van der Waals surface area contributed by atoms with Gasteiger partial charge in [0.15, 0.2) is 5.84 Å². The Bertz CT molecular complexity index is 3880. The number of benzene rings is 7. The van der Waals surface area contributed by atoms with E-state index in [1.807, 2.05) is 30.3 Å². The van der Waals surface area contributed by atoms with E-state index in [1.165, 1.54) is 0 Å². The molecule has 0 N–H and O–H groups in total. The van der Waals surface area contributed by atoms with E-state index in [1.54, 1.807) is 0 Å². The molecule has 0 saturated carbocycles. The van der Waals surface area contributed by atoms with Crippen LogP contribution in [-0.4, -0.2) is 11.9 Å². The number of hydrogen-bond donors (Lipinski definition) is 0. The minimum absolute atomic E-state index is 0.0501. The van der Waals surface area contributed by atoms with E-state index >= 15 is 0 Å². The fraction of sp³-hybridized carbons (Fsp3) is 0.0727. The standard InChI is InChI=1S/C55H37N3O4P2/c1-2-16-34(17-3-1)55-56-63(47-30-12-22-39-35-18-4-8-26-43(35)59-51(39)47,48-31-13-23-40-36-19-5-9-27-44(36)60-52(40)48)58-64(57-55,49-32-14-24-41-37-20-6-10-28-45(37)61-53(41)49)50-33-15-25-42-38-21-7-11-29-46(38)62-54(42)50/h1-10,12-28,30-33,35,43H,11,29H2. The van der Waals surface area contributed by atoms with Crippen LogP contribution < -0.4 is 26.0 Å². The van der Waals surface area contributed by atoms with Gasteiger partial charge in [-0.05, 0) is 48.9 Å². The third-order valence-corrected chi connectivity index (χ3v) is 20.4. The molecule has 4 unspecified atom stereocenters. The number of hydrogen-bond acceptors (Lipinski definition) is 7. The first-order valence-electron chi connectivity index (χ1n) is 21.8. The van der Waals surface area contributed by atoms with Crippen molar-refractivity contribution >= 4 is 102 Å². The van der Waals surface area contributed by atoms with Gasteiger partial charge in [0, 0.05) is 56.0 Å². The SMILES string of the molecule is C1=CC2Oc3c(cccc3P3(c4cccc5c4oc4ccccc45)=NC(c4ccccc4)=NP(c4cccc5c6c(oc45)CCC=C6)(c4cccc5c4oc4ccccc45)=N3)C2C=C1. The largest absolute Gasteiger partial charge is 0.484 e. The van der Waals surface area contributed by atoms with Gasteiger partial charge in [-0.25, -0.2) is 14.0 Å². The second-order valence-electron chi connectivity index (χ2n) is 16.8. The molecule has 10 aromatic rings. The van der Waals surface area contributed by atoms with Gasteiger partial charge in [0.05, 0.1) is 21.2 Å². The van der Waals surface area contributed by atoms with Crippen LogP contribution in [0.3, 0.4) is 0 Å². The Hall–Kier alpha value is -7.17. The lowest BCUT2D eigenvalue weighted by Gasteiger charge is -2.33. The third kappa shape index (κ3) is 5.08. The summed E-state index contributed by atoms with van der Waals surface area (Å²) in [6.45, 7) is 0. The summed E-state index contributed by atoms with van der Waals surface area (Å²) in [6, 6.07) is 52.8. The van der Waals surface area contributed by atoms with Crippen LogP contribution in [0.2, 0.25) is 0 Å². The Balaban J connectivity index is 1.23. The number of amidine groups is 1. The molecule has 0 saturated heterocycles. The summed E-state index contributed by atoms with van der Waals surface area (Å²) < 4.78 is 46.9. The smallest absolute Gasteiger partial charge is 0.161 e. The molecule has 0 amide bonds. The van der Waals surface area contributed by atoms with E-state index in [0.29, 0.717) is 5.84 Å². The van der Waals surface area contributed by atoms with Gasteiger partial charge in [0.1, 0.15) is 59.9 Å². The summed E-state index contributed by atoms with van der Waals surface area (Å²) in [5.41, 5.74) is 7.03. The normalized spacial score (nSPS) is 22.0. The molecule has 0 fully saturated rings. The maximum absolute atomic E-state index is 7.14. The molecular weight excluding hydrogens is 829 g/mol. The van der Waals surface area contributed by atoms with E-state index in [2.05, 4.69) is 158 Å². The van der Waals surface area contributed by atoms with Gasteiger partial charge < -0.3 is 18.0 Å². The number of fused-ring (bicyclic) bond motifs is 12. The van der Waals surface area contributed by atoms with Crippen molar-refractivity contribution in [2.24, 2.45) is 14.0 Å². The predicted molar refractivity (Wildman–Crippen MR) is 263 cm³/mol. The molecule has 5 heterocycles. The molecule has 0 bridgehead atoms. The average Bonchev–Trinajstić information content (AvgIpc) is 4.14. The van der Waals surface area contributed by atoms with Crippen molar-refractivity contribution in [3.05, 3.63) is 204 Å². The summed E-state index contributed by atoms with van der Waals surface area (Å²) in [6.07, 6.45) is 14.6. The first-order valence-corrected chi connectivity index (χ1v) is 25.2. The second-order valence-corrected chi connectivity index (χ2v) is 22.2. The van der Waals surface area contributed by atoms with Crippen LogP contribution in [0, 0.1) is 0 Å². The van der Waals surface area contributed by atoms with E-state index in [0.717, 1.165) is 117 Å². The molecule has 2 aliphatic carbocycles. The average molecular weight is 866 g/mol. The Kier molecular flexibility index (Phi) is 7.76. The van der Waals surface area contributed by atoms with Crippen LogP contribution in [0.4, 0.5) is 0 Å². The zero-order valence-electron chi connectivity index (χ0n) is 34.3. The molecule has 0 radical (unpaired) electrons. The van der Waals surface area contributed by atoms with Crippen LogP contribution in [0.15, 0.2) is 209 Å². The topological polar surface area (TPSA) is 85.7 Å². The van der Waals surface area contributed by atoms with E-state index in [-0.39, 0.29) is 12.0 Å². The van der Waals surface area contributed by atoms with E-state index in [9.17, 15) is 0 Å². The van der Waals surface area contributed by atoms with Crippen molar-refractivity contribution in [3.8, 4) is 5.75 Å². The molecule has 7 aromatic carbocycles. The summed E-state index contributed by atoms with van der Waals surface area (Å²) >= 11 is 0. The fourth-order valence-corrected chi connectivity index (χ4v) is 18.6. The van der Waals surface area contributed by atoms with Gasteiger partial charge in [-0.2, -0.15) is 0 Å². The molecule has 4 atom stereocenters. The zero-order chi connectivity index (χ0) is 42.0. The molecule has 14 rings (SSSR count). The molecule has 4 aliphatic rings. The lowest BCUT2D eigenvalue weighted by atomic mass is 9.92. The molecule has 64 heavy (non-hydrogen) atoms. The van der Waals surface area contributed by atoms with Crippen molar-refractivity contribution in [2.75, 3.05) is 0 Å². The summed E-state index contributed by atoms with van der Waals surface area (Å²) in [7, 11) is -6.92. The van der Waals surface area contributed by atoms with Crippen LogP contribution >= 0.6 is 14.4 Å². The Morgan fingerprint density at radius 1 is 0.516 bits per heavy atom. The highest BCUT2D eigenvalue weighted by Crippen LogP contribution is 2.69. The number of furan rings is 3. The third-order valence-electron chi connectivity index (χ3n) is 13.2. The lowest BCUT2D eigenvalue weighted by molar-refractivity contribution is 0.270. The Morgan fingerprint density at radius 2 is 1.11 bits per heavy atom. The van der Waals surface area contributed by atoms with Crippen LogP contribution in [0.25, 0.3) is 60.9 Å².